The molecule has 0 radical (unpaired) electrons. The van der Waals surface area contributed by atoms with Gasteiger partial charge in [-0.2, -0.15) is 13.8 Å². The van der Waals surface area contributed by atoms with Crippen molar-refractivity contribution in [1.82, 2.24) is 25.2 Å². The number of halogens is 4. The van der Waals surface area contributed by atoms with E-state index < -0.39 is 12.4 Å². The van der Waals surface area contributed by atoms with Crippen molar-refractivity contribution in [3.8, 4) is 11.8 Å². The number of rotatable bonds is 7. The molecule has 192 valence electrons. The van der Waals surface area contributed by atoms with Crippen LogP contribution in [-0.2, 0) is 17.8 Å². The predicted octanol–water partition coefficient (Wildman–Crippen LogP) is 5.30. The zero-order valence-corrected chi connectivity index (χ0v) is 21.2. The fourth-order valence-corrected chi connectivity index (χ4v) is 4.73. The maximum Gasteiger partial charge on any atom is 0.294 e. The molecule has 1 aliphatic carbocycles. The summed E-state index contributed by atoms with van der Waals surface area (Å²) in [5.74, 6) is -1.19. The van der Waals surface area contributed by atoms with Gasteiger partial charge in [-0.3, -0.25) is 4.79 Å². The predicted molar refractivity (Wildman–Crippen MR) is 129 cm³/mol. The Labute approximate surface area is 212 Å². The third-order valence-corrected chi connectivity index (χ3v) is 6.88. The lowest BCUT2D eigenvalue weighted by atomic mass is 9.78. The quantitative estimate of drug-likeness (QED) is 0.393. The van der Waals surface area contributed by atoms with E-state index in [1.54, 1.807) is 6.20 Å². The number of carbonyl (C=O) groups is 1. The first-order valence-corrected chi connectivity index (χ1v) is 12.1. The molecule has 3 heterocycles. The lowest BCUT2D eigenvalue weighted by Crippen LogP contribution is -2.37. The molecule has 0 saturated carbocycles. The fourth-order valence-electron chi connectivity index (χ4n) is 4.60. The molecule has 0 saturated heterocycles. The van der Waals surface area contributed by atoms with E-state index in [0.717, 1.165) is 21.6 Å². The van der Waals surface area contributed by atoms with Gasteiger partial charge in [-0.25, -0.2) is 19.3 Å². The maximum atomic E-state index is 16.0. The third kappa shape index (κ3) is 4.97. The van der Waals surface area contributed by atoms with Crippen molar-refractivity contribution in [2.24, 2.45) is 5.92 Å². The molecule has 1 amide bonds. The van der Waals surface area contributed by atoms with Crippen LogP contribution < -0.4 is 10.1 Å². The number of carbonyl (C=O) groups excluding carboxylic acids is 1. The van der Waals surface area contributed by atoms with Crippen molar-refractivity contribution >= 4 is 23.1 Å². The van der Waals surface area contributed by atoms with Gasteiger partial charge in [0.25, 0.3) is 18.3 Å². The van der Waals surface area contributed by atoms with Gasteiger partial charge >= 0.3 is 0 Å². The van der Waals surface area contributed by atoms with Crippen LogP contribution in [0.25, 0.3) is 5.57 Å². The molecule has 36 heavy (non-hydrogen) atoms. The zero-order chi connectivity index (χ0) is 26.1. The number of hydrogen-bond acceptors (Lipinski definition) is 6. The number of allylic oxidation sites excluding steroid dienone is 1. The molecule has 2 aromatic rings. The third-order valence-electron chi connectivity index (χ3n) is 6.70. The summed E-state index contributed by atoms with van der Waals surface area (Å²) in [4.78, 5) is 25.5. The van der Waals surface area contributed by atoms with Gasteiger partial charge in [0.05, 0.1) is 0 Å². The number of alkyl halides is 2. The molecule has 0 bridgehead atoms. The van der Waals surface area contributed by atoms with Gasteiger partial charge in [0.2, 0.25) is 11.2 Å². The van der Waals surface area contributed by atoms with E-state index in [2.05, 4.69) is 20.3 Å². The number of aromatic nitrogens is 3. The molecule has 11 heteroatoms. The van der Waals surface area contributed by atoms with Gasteiger partial charge < -0.3 is 10.1 Å². The van der Waals surface area contributed by atoms with Gasteiger partial charge in [0, 0.05) is 42.2 Å². The topological polar surface area (TPSA) is 80.2 Å². The number of hydrogen-bond donors (Lipinski definition) is 1. The highest BCUT2D eigenvalue weighted by Gasteiger charge is 2.32. The van der Waals surface area contributed by atoms with Crippen LogP contribution in [0.5, 0.6) is 11.8 Å². The van der Waals surface area contributed by atoms with Crippen LogP contribution in [-0.4, -0.2) is 45.9 Å². The summed E-state index contributed by atoms with van der Waals surface area (Å²) in [6, 6.07) is 0. The molecule has 0 fully saturated rings. The van der Waals surface area contributed by atoms with Crippen LogP contribution in [0.3, 0.4) is 0 Å². The number of nitrogens with one attached hydrogen (secondary N) is 1. The Morgan fingerprint density at radius 2 is 2.00 bits per heavy atom. The number of pyridine rings is 1. The Morgan fingerprint density at radius 1 is 1.25 bits per heavy atom. The Balaban J connectivity index is 1.79. The second-order valence-corrected chi connectivity index (χ2v) is 9.36. The molecule has 0 unspecified atom stereocenters. The van der Waals surface area contributed by atoms with Crippen LogP contribution >= 0.6 is 11.6 Å². The van der Waals surface area contributed by atoms with Crippen molar-refractivity contribution < 1.29 is 22.7 Å². The van der Waals surface area contributed by atoms with Crippen LogP contribution in [0.4, 0.5) is 13.2 Å². The van der Waals surface area contributed by atoms with Crippen LogP contribution in [0.2, 0.25) is 5.28 Å². The number of ether oxygens (including phenoxy) is 1. The van der Waals surface area contributed by atoms with Gasteiger partial charge in [0.15, 0.2) is 5.82 Å². The summed E-state index contributed by atoms with van der Waals surface area (Å²) in [5, 5.41) is 2.75. The molecule has 1 atom stereocenters. The van der Waals surface area contributed by atoms with E-state index in [0.29, 0.717) is 42.5 Å². The minimum absolute atomic E-state index is 0.149. The molecule has 1 aliphatic heterocycles. The normalized spacial score (nSPS) is 18.2. The lowest BCUT2D eigenvalue weighted by Gasteiger charge is -2.30. The van der Waals surface area contributed by atoms with Crippen LogP contribution in [0.1, 0.15) is 50.3 Å². The highest BCUT2D eigenvalue weighted by Crippen LogP contribution is 2.42. The van der Waals surface area contributed by atoms with Crippen LogP contribution in [0.15, 0.2) is 29.1 Å². The summed E-state index contributed by atoms with van der Waals surface area (Å²) >= 11 is 5.90. The number of fused-ring (bicyclic) bond motifs is 1. The van der Waals surface area contributed by atoms with E-state index in [9.17, 15) is 13.6 Å². The second kappa shape index (κ2) is 10.6. The van der Waals surface area contributed by atoms with E-state index in [1.807, 2.05) is 20.8 Å². The molecular formula is C25H27ClF3N5O2. The van der Waals surface area contributed by atoms with Crippen molar-refractivity contribution in [2.75, 3.05) is 13.6 Å². The first-order chi connectivity index (χ1) is 17.1. The second-order valence-electron chi connectivity index (χ2n) is 9.02. The SMILES string of the molecule is CCC1=C(C2=C(C)[C@@H](C)CNC2=O)CCc2cnc(Oc3nc(Cl)ncc3CN(C)C(F)F)c(F)c21. The molecule has 4 rings (SSSR count). The molecule has 1 N–H and O–H groups in total. The van der Waals surface area contributed by atoms with E-state index in [4.69, 9.17) is 16.3 Å². The van der Waals surface area contributed by atoms with Crippen LogP contribution in [0, 0.1) is 11.7 Å². The highest BCUT2D eigenvalue weighted by molar-refractivity contribution is 6.28. The maximum absolute atomic E-state index is 16.0. The largest absolute Gasteiger partial charge is 0.417 e. The van der Waals surface area contributed by atoms with E-state index >= 15 is 4.39 Å². The molecule has 2 aliphatic rings. The first kappa shape index (κ1) is 26.1. The lowest BCUT2D eigenvalue weighted by molar-refractivity contribution is -0.117. The smallest absolute Gasteiger partial charge is 0.294 e. The van der Waals surface area contributed by atoms with Gasteiger partial charge in [-0.1, -0.05) is 19.4 Å². The Hall–Kier alpha value is -2.98. The number of amides is 1. The van der Waals surface area contributed by atoms with Gasteiger partial charge in [0.1, 0.15) is 0 Å². The molecule has 0 aromatic carbocycles. The minimum Gasteiger partial charge on any atom is -0.417 e. The number of aryl methyl sites for hydroxylation is 1. The highest BCUT2D eigenvalue weighted by atomic mass is 35.5. The molecule has 2 aromatic heterocycles. The van der Waals surface area contributed by atoms with Crippen molar-refractivity contribution in [2.45, 2.75) is 53.1 Å². The summed E-state index contributed by atoms with van der Waals surface area (Å²) in [5.41, 5.74) is 4.40. The van der Waals surface area contributed by atoms with E-state index in [-0.39, 0.29) is 41.0 Å². The van der Waals surface area contributed by atoms with Gasteiger partial charge in [-0.05, 0) is 67.5 Å². The van der Waals surface area contributed by atoms with Crippen molar-refractivity contribution in [3.63, 3.8) is 0 Å². The van der Waals surface area contributed by atoms with E-state index in [1.165, 1.54) is 13.2 Å². The summed E-state index contributed by atoms with van der Waals surface area (Å²) in [6.45, 7) is 3.50. The monoisotopic (exact) mass is 521 g/mol. The Morgan fingerprint density at radius 3 is 2.69 bits per heavy atom. The first-order valence-electron chi connectivity index (χ1n) is 11.7. The summed E-state index contributed by atoms with van der Waals surface area (Å²) < 4.78 is 47.8. The Bertz CT molecular complexity index is 1260. The average Bonchev–Trinajstić information content (AvgIpc) is 2.84. The molecular weight excluding hydrogens is 495 g/mol. The Kier molecular flexibility index (Phi) is 7.65. The van der Waals surface area contributed by atoms with Crippen molar-refractivity contribution in [3.05, 3.63) is 56.9 Å². The molecule has 7 nitrogen and oxygen atoms in total. The fraction of sp³-hybridized carbons (Fsp3) is 0.440. The number of nitrogens with zero attached hydrogens (tertiary/aromatic N) is 4. The minimum atomic E-state index is -2.72. The molecule has 0 spiro atoms. The van der Waals surface area contributed by atoms with Gasteiger partial charge in [-0.15, -0.1) is 0 Å². The van der Waals surface area contributed by atoms with Crippen molar-refractivity contribution in [1.29, 1.82) is 0 Å². The standard InChI is InChI=1S/C25H27ClF3N5O2/c1-5-16-17(18-13(3)12(2)8-30-21(18)35)7-6-14-9-31-23(20(27)19(14)16)36-22-15(10-32-24(26)33-22)11-34(4)25(28)29/h9-10,12,25H,5-8,11H2,1-4H3,(H,30,35)/t12-/m0/s1. The summed E-state index contributed by atoms with van der Waals surface area (Å²) in [6.07, 6.45) is 4.40. The average molecular weight is 522 g/mol. The summed E-state index contributed by atoms with van der Waals surface area (Å²) in [7, 11) is 1.22. The zero-order valence-electron chi connectivity index (χ0n) is 20.5.